The van der Waals surface area contributed by atoms with E-state index in [-0.39, 0.29) is 23.1 Å². The molecule has 0 saturated carbocycles. The summed E-state index contributed by atoms with van der Waals surface area (Å²) in [6.07, 6.45) is 4.60. The zero-order valence-corrected chi connectivity index (χ0v) is 11.3. The van der Waals surface area contributed by atoms with Crippen LogP contribution in [0, 0.1) is 0 Å². The largest absolute Gasteiger partial charge is 0.349 e. The highest BCUT2D eigenvalue weighted by Gasteiger charge is 2.21. The molecule has 1 amide bonds. The van der Waals surface area contributed by atoms with Gasteiger partial charge in [-0.25, -0.2) is 0 Å². The summed E-state index contributed by atoms with van der Waals surface area (Å²) < 4.78 is 0. The molecule has 19 heavy (non-hydrogen) atoms. The van der Waals surface area contributed by atoms with Gasteiger partial charge >= 0.3 is 0 Å². The summed E-state index contributed by atoms with van der Waals surface area (Å²) in [7, 11) is 0. The fourth-order valence-corrected chi connectivity index (χ4v) is 2.48. The van der Waals surface area contributed by atoms with Crippen LogP contribution in [0.4, 0.5) is 0 Å². The van der Waals surface area contributed by atoms with Crippen LogP contribution >= 0.6 is 0 Å². The van der Waals surface area contributed by atoms with Crippen molar-refractivity contribution < 1.29 is 4.79 Å². The number of hydrogen-bond acceptors (Lipinski definition) is 3. The van der Waals surface area contributed by atoms with Gasteiger partial charge < -0.3 is 15.2 Å². The molecule has 1 aromatic rings. The maximum absolute atomic E-state index is 12.0. The van der Waals surface area contributed by atoms with Gasteiger partial charge in [-0.15, -0.1) is 0 Å². The van der Waals surface area contributed by atoms with Crippen molar-refractivity contribution in [2.75, 3.05) is 19.6 Å². The lowest BCUT2D eigenvalue weighted by Gasteiger charge is -2.32. The first-order chi connectivity index (χ1) is 9.20. The first-order valence-corrected chi connectivity index (χ1v) is 6.91. The Hall–Kier alpha value is -1.62. The Balaban J connectivity index is 1.88. The maximum atomic E-state index is 12.0. The van der Waals surface area contributed by atoms with Gasteiger partial charge in [-0.1, -0.05) is 6.92 Å². The number of piperidine rings is 1. The molecule has 2 N–H and O–H groups in total. The van der Waals surface area contributed by atoms with Crippen LogP contribution < -0.4 is 10.9 Å². The number of carbonyl (C=O) groups is 1. The number of nitrogens with one attached hydrogen (secondary N) is 2. The minimum atomic E-state index is -0.330. The van der Waals surface area contributed by atoms with Crippen molar-refractivity contribution in [1.29, 1.82) is 0 Å². The Morgan fingerprint density at radius 1 is 1.47 bits per heavy atom. The Bertz CT molecular complexity index is 476. The molecule has 0 bridgehead atoms. The molecule has 2 heterocycles. The minimum Gasteiger partial charge on any atom is -0.349 e. The van der Waals surface area contributed by atoms with Crippen molar-refractivity contribution in [2.24, 2.45) is 0 Å². The molecule has 5 heteroatoms. The molecule has 5 nitrogen and oxygen atoms in total. The number of carbonyl (C=O) groups excluding carboxylic acids is 1. The molecule has 0 atom stereocenters. The van der Waals surface area contributed by atoms with Crippen molar-refractivity contribution in [1.82, 2.24) is 15.2 Å². The van der Waals surface area contributed by atoms with E-state index in [9.17, 15) is 9.59 Å². The van der Waals surface area contributed by atoms with E-state index in [4.69, 9.17) is 0 Å². The number of hydrogen-bond donors (Lipinski definition) is 2. The molecule has 104 valence electrons. The normalized spacial score (nSPS) is 17.3. The highest BCUT2D eigenvalue weighted by atomic mass is 16.2. The van der Waals surface area contributed by atoms with Crippen LogP contribution in [-0.4, -0.2) is 41.5 Å². The van der Waals surface area contributed by atoms with E-state index in [0.717, 1.165) is 38.9 Å². The molecule has 0 spiro atoms. The average molecular weight is 263 g/mol. The number of likely N-dealkylation sites (tertiary alicyclic amines) is 1. The standard InChI is InChI=1S/C14H21N3O2/c1-2-8-17-9-5-11(6-10-17)16-14(19)12-4-3-7-15-13(12)18/h3-4,7,11H,2,5-6,8-10H2,1H3,(H,15,18)(H,16,19). The second kappa shape index (κ2) is 6.52. The number of pyridine rings is 1. The maximum Gasteiger partial charge on any atom is 0.260 e. The molecular weight excluding hydrogens is 242 g/mol. The van der Waals surface area contributed by atoms with Crippen LogP contribution in [0.2, 0.25) is 0 Å². The fourth-order valence-electron chi connectivity index (χ4n) is 2.48. The number of aromatic amines is 1. The van der Waals surface area contributed by atoms with Gasteiger partial charge in [0, 0.05) is 25.3 Å². The van der Waals surface area contributed by atoms with Crippen molar-refractivity contribution in [3.63, 3.8) is 0 Å². The smallest absolute Gasteiger partial charge is 0.260 e. The van der Waals surface area contributed by atoms with Crippen molar-refractivity contribution >= 4 is 5.91 Å². The Kier molecular flexibility index (Phi) is 4.74. The highest BCUT2D eigenvalue weighted by molar-refractivity contribution is 5.93. The molecule has 0 unspecified atom stereocenters. The lowest BCUT2D eigenvalue weighted by molar-refractivity contribution is 0.0909. The lowest BCUT2D eigenvalue weighted by Crippen LogP contribution is -2.45. The van der Waals surface area contributed by atoms with E-state index in [0.29, 0.717) is 0 Å². The third-order valence-electron chi connectivity index (χ3n) is 3.53. The van der Waals surface area contributed by atoms with Crippen molar-refractivity contribution in [3.05, 3.63) is 34.2 Å². The number of H-pyrrole nitrogens is 1. The average Bonchev–Trinajstić information content (AvgIpc) is 2.42. The first kappa shape index (κ1) is 13.8. The first-order valence-electron chi connectivity index (χ1n) is 6.91. The van der Waals surface area contributed by atoms with Crippen molar-refractivity contribution in [2.45, 2.75) is 32.2 Å². The van der Waals surface area contributed by atoms with E-state index >= 15 is 0 Å². The summed E-state index contributed by atoms with van der Waals surface area (Å²) in [6, 6.07) is 3.40. The lowest BCUT2D eigenvalue weighted by atomic mass is 10.0. The number of rotatable bonds is 4. The van der Waals surface area contributed by atoms with E-state index in [1.165, 1.54) is 6.20 Å². The third kappa shape index (κ3) is 3.67. The molecule has 2 rings (SSSR count). The molecule has 1 aromatic heterocycles. The van der Waals surface area contributed by atoms with Crippen LogP contribution in [0.15, 0.2) is 23.1 Å². The summed E-state index contributed by atoms with van der Waals surface area (Å²) in [5.74, 6) is -0.268. The number of amides is 1. The number of aromatic nitrogens is 1. The predicted molar refractivity (Wildman–Crippen MR) is 74.3 cm³/mol. The summed E-state index contributed by atoms with van der Waals surface area (Å²) in [6.45, 7) is 5.34. The zero-order valence-electron chi connectivity index (χ0n) is 11.3. The molecule has 1 aliphatic rings. The summed E-state index contributed by atoms with van der Waals surface area (Å²) in [5, 5.41) is 2.95. The van der Waals surface area contributed by atoms with E-state index < -0.39 is 0 Å². The molecule has 1 aliphatic heterocycles. The van der Waals surface area contributed by atoms with Gasteiger partial charge in [0.2, 0.25) is 0 Å². The molecule has 0 aromatic carbocycles. The highest BCUT2D eigenvalue weighted by Crippen LogP contribution is 2.10. The van der Waals surface area contributed by atoms with Gasteiger partial charge in [-0.05, 0) is 37.9 Å². The second-order valence-electron chi connectivity index (χ2n) is 5.00. The van der Waals surface area contributed by atoms with Crippen LogP contribution in [0.1, 0.15) is 36.5 Å². The summed E-state index contributed by atoms with van der Waals surface area (Å²) in [5.41, 5.74) is -0.137. The zero-order chi connectivity index (χ0) is 13.7. The minimum absolute atomic E-state index is 0.181. The molecule has 1 fully saturated rings. The molecule has 1 saturated heterocycles. The van der Waals surface area contributed by atoms with Crippen LogP contribution in [0.5, 0.6) is 0 Å². The van der Waals surface area contributed by atoms with Crippen LogP contribution in [0.3, 0.4) is 0 Å². The molecule has 0 radical (unpaired) electrons. The van der Waals surface area contributed by atoms with Gasteiger partial charge in [0.15, 0.2) is 0 Å². The summed E-state index contributed by atoms with van der Waals surface area (Å²) >= 11 is 0. The van der Waals surface area contributed by atoms with Crippen molar-refractivity contribution in [3.8, 4) is 0 Å². The third-order valence-corrected chi connectivity index (χ3v) is 3.53. The van der Waals surface area contributed by atoms with E-state index in [1.54, 1.807) is 12.1 Å². The van der Waals surface area contributed by atoms with E-state index in [1.807, 2.05) is 0 Å². The molecule has 0 aliphatic carbocycles. The van der Waals surface area contributed by atoms with Crippen LogP contribution in [-0.2, 0) is 0 Å². The SMILES string of the molecule is CCCN1CCC(NC(=O)c2ccc[nH]c2=O)CC1. The predicted octanol–water partition coefficient (Wildman–Crippen LogP) is 0.979. The van der Waals surface area contributed by atoms with Crippen LogP contribution in [0.25, 0.3) is 0 Å². The fraction of sp³-hybridized carbons (Fsp3) is 0.571. The second-order valence-corrected chi connectivity index (χ2v) is 5.00. The van der Waals surface area contributed by atoms with Gasteiger partial charge in [0.25, 0.3) is 11.5 Å². The van der Waals surface area contributed by atoms with Gasteiger partial charge in [0.1, 0.15) is 5.56 Å². The quantitative estimate of drug-likeness (QED) is 0.851. The Morgan fingerprint density at radius 3 is 2.84 bits per heavy atom. The number of nitrogens with zero attached hydrogens (tertiary/aromatic N) is 1. The van der Waals surface area contributed by atoms with Gasteiger partial charge in [-0.3, -0.25) is 9.59 Å². The van der Waals surface area contributed by atoms with Gasteiger partial charge in [-0.2, -0.15) is 0 Å². The Morgan fingerprint density at radius 2 is 2.21 bits per heavy atom. The molecular formula is C14H21N3O2. The summed E-state index contributed by atoms with van der Waals surface area (Å²) in [4.78, 5) is 28.4. The van der Waals surface area contributed by atoms with Gasteiger partial charge in [0.05, 0.1) is 0 Å². The monoisotopic (exact) mass is 263 g/mol. The topological polar surface area (TPSA) is 65.2 Å². The van der Waals surface area contributed by atoms with E-state index in [2.05, 4.69) is 22.1 Å². The Labute approximate surface area is 113 Å².